The van der Waals surface area contributed by atoms with Crippen molar-refractivity contribution >= 4 is 17.4 Å². The summed E-state index contributed by atoms with van der Waals surface area (Å²) in [5.41, 5.74) is 1.18. The average Bonchev–Trinajstić information content (AvgIpc) is 2.29. The summed E-state index contributed by atoms with van der Waals surface area (Å²) in [4.78, 5) is 14.4. The van der Waals surface area contributed by atoms with Crippen molar-refractivity contribution in [2.45, 2.75) is 13.5 Å². The van der Waals surface area contributed by atoms with Gasteiger partial charge in [-0.15, -0.1) is 0 Å². The predicted molar refractivity (Wildman–Crippen MR) is 68.1 cm³/mol. The molecule has 2 aromatic heterocycles. The minimum atomic E-state index is 0.467. The molecule has 2 rings (SSSR count). The Morgan fingerprint density at radius 1 is 1.24 bits per heavy atom. The second kappa shape index (κ2) is 5.10. The highest BCUT2D eigenvalue weighted by molar-refractivity contribution is 6.29. The number of nitrogens with zero attached hydrogens (tertiary/aromatic N) is 4. The van der Waals surface area contributed by atoms with Crippen LogP contribution in [-0.2, 0) is 6.54 Å². The lowest BCUT2D eigenvalue weighted by atomic mass is 10.2. The summed E-state index contributed by atoms with van der Waals surface area (Å²) in [7, 11) is 1.97. The van der Waals surface area contributed by atoms with Gasteiger partial charge in [-0.1, -0.05) is 11.6 Å². The molecule has 0 bridgehead atoms. The number of aryl methyl sites for hydroxylation is 1. The van der Waals surface area contributed by atoms with Crippen LogP contribution in [0.25, 0.3) is 0 Å². The highest BCUT2D eigenvalue weighted by Crippen LogP contribution is 2.16. The molecule has 0 aromatic carbocycles. The lowest BCUT2D eigenvalue weighted by molar-refractivity contribution is 0.877. The Bertz CT molecular complexity index is 481. The molecule has 4 nitrogen and oxygen atoms in total. The first-order chi connectivity index (χ1) is 8.15. The first-order valence-corrected chi connectivity index (χ1v) is 5.64. The minimum absolute atomic E-state index is 0.467. The van der Waals surface area contributed by atoms with Crippen LogP contribution in [0.4, 0.5) is 5.82 Å². The summed E-state index contributed by atoms with van der Waals surface area (Å²) in [5, 5.41) is 0.467. The van der Waals surface area contributed by atoms with Crippen molar-refractivity contribution in [2.75, 3.05) is 11.9 Å². The highest BCUT2D eigenvalue weighted by Gasteiger charge is 2.06. The zero-order chi connectivity index (χ0) is 12.3. The average molecular weight is 249 g/mol. The van der Waals surface area contributed by atoms with Crippen LogP contribution in [0.15, 0.2) is 30.6 Å². The van der Waals surface area contributed by atoms with E-state index in [-0.39, 0.29) is 0 Å². The Morgan fingerprint density at radius 3 is 2.59 bits per heavy atom. The van der Waals surface area contributed by atoms with E-state index in [9.17, 15) is 0 Å². The van der Waals surface area contributed by atoms with Gasteiger partial charge in [0.15, 0.2) is 0 Å². The minimum Gasteiger partial charge on any atom is -0.355 e. The summed E-state index contributed by atoms with van der Waals surface area (Å²) in [6.45, 7) is 2.59. The maximum absolute atomic E-state index is 5.91. The van der Waals surface area contributed by atoms with Gasteiger partial charge in [0.1, 0.15) is 16.8 Å². The Labute approximate surface area is 105 Å². The van der Waals surface area contributed by atoms with Gasteiger partial charge in [0.05, 0.1) is 0 Å². The van der Waals surface area contributed by atoms with Crippen LogP contribution in [0.1, 0.15) is 11.4 Å². The Balaban J connectivity index is 2.17. The largest absolute Gasteiger partial charge is 0.355 e. The van der Waals surface area contributed by atoms with E-state index in [0.29, 0.717) is 11.0 Å². The number of rotatable bonds is 3. The van der Waals surface area contributed by atoms with Gasteiger partial charge in [-0.3, -0.25) is 4.98 Å². The lowest BCUT2D eigenvalue weighted by Gasteiger charge is -2.18. The van der Waals surface area contributed by atoms with Crippen molar-refractivity contribution in [3.8, 4) is 0 Å². The second-order valence-electron chi connectivity index (χ2n) is 3.81. The summed E-state index contributed by atoms with van der Waals surface area (Å²) in [5.74, 6) is 1.49. The van der Waals surface area contributed by atoms with Gasteiger partial charge in [0, 0.05) is 32.1 Å². The molecule has 0 saturated carbocycles. The smallest absolute Gasteiger partial charge is 0.134 e. The molecule has 0 amide bonds. The van der Waals surface area contributed by atoms with E-state index < -0.39 is 0 Å². The number of halogens is 1. The second-order valence-corrected chi connectivity index (χ2v) is 4.19. The third-order valence-corrected chi connectivity index (χ3v) is 2.55. The molecule has 17 heavy (non-hydrogen) atoms. The fourth-order valence-electron chi connectivity index (χ4n) is 1.56. The lowest BCUT2D eigenvalue weighted by Crippen LogP contribution is -2.18. The van der Waals surface area contributed by atoms with Crippen LogP contribution >= 0.6 is 11.6 Å². The fraction of sp³-hybridized carbons (Fsp3) is 0.250. The van der Waals surface area contributed by atoms with Crippen molar-refractivity contribution < 1.29 is 0 Å². The van der Waals surface area contributed by atoms with E-state index in [4.69, 9.17) is 11.6 Å². The quantitative estimate of drug-likeness (QED) is 0.783. The topological polar surface area (TPSA) is 41.9 Å². The molecule has 0 saturated heterocycles. The SMILES string of the molecule is Cc1nc(Cl)cc(N(C)Cc2ccncc2)n1. The Hall–Kier alpha value is -1.68. The highest BCUT2D eigenvalue weighted by atomic mass is 35.5. The van der Waals surface area contributed by atoms with E-state index in [1.165, 1.54) is 5.56 Å². The summed E-state index contributed by atoms with van der Waals surface area (Å²) in [6, 6.07) is 5.72. The third-order valence-electron chi connectivity index (χ3n) is 2.35. The molecular formula is C12H13ClN4. The third kappa shape index (κ3) is 3.14. The molecule has 0 fully saturated rings. The standard InChI is InChI=1S/C12H13ClN4/c1-9-15-11(13)7-12(16-9)17(2)8-10-3-5-14-6-4-10/h3-7H,8H2,1-2H3. The van der Waals surface area contributed by atoms with E-state index in [0.717, 1.165) is 12.4 Å². The number of hydrogen-bond donors (Lipinski definition) is 0. The molecule has 2 heterocycles. The zero-order valence-corrected chi connectivity index (χ0v) is 10.5. The van der Waals surface area contributed by atoms with Crippen molar-refractivity contribution in [3.63, 3.8) is 0 Å². The number of anilines is 1. The number of hydrogen-bond acceptors (Lipinski definition) is 4. The predicted octanol–water partition coefficient (Wildman–Crippen LogP) is 2.47. The van der Waals surface area contributed by atoms with E-state index >= 15 is 0 Å². The van der Waals surface area contributed by atoms with Crippen LogP contribution in [0, 0.1) is 6.92 Å². The molecule has 0 N–H and O–H groups in total. The van der Waals surface area contributed by atoms with Crippen LogP contribution in [0.3, 0.4) is 0 Å². The van der Waals surface area contributed by atoms with Gasteiger partial charge in [0.25, 0.3) is 0 Å². The van der Waals surface area contributed by atoms with Crippen molar-refractivity contribution in [1.82, 2.24) is 15.0 Å². The molecule has 0 aliphatic rings. The summed E-state index contributed by atoms with van der Waals surface area (Å²) in [6.07, 6.45) is 3.56. The van der Waals surface area contributed by atoms with Gasteiger partial charge in [-0.05, 0) is 24.6 Å². The summed E-state index contributed by atoms with van der Waals surface area (Å²) >= 11 is 5.91. The summed E-state index contributed by atoms with van der Waals surface area (Å²) < 4.78 is 0. The Morgan fingerprint density at radius 2 is 1.94 bits per heavy atom. The first kappa shape index (κ1) is 11.8. The van der Waals surface area contributed by atoms with Crippen LogP contribution in [-0.4, -0.2) is 22.0 Å². The normalized spacial score (nSPS) is 10.3. The maximum Gasteiger partial charge on any atom is 0.134 e. The van der Waals surface area contributed by atoms with Gasteiger partial charge < -0.3 is 4.90 Å². The monoisotopic (exact) mass is 248 g/mol. The zero-order valence-electron chi connectivity index (χ0n) is 9.76. The molecule has 0 radical (unpaired) electrons. The number of aromatic nitrogens is 3. The molecular weight excluding hydrogens is 236 g/mol. The Kier molecular flexibility index (Phi) is 3.54. The number of pyridine rings is 1. The molecule has 0 unspecified atom stereocenters. The van der Waals surface area contributed by atoms with Crippen LogP contribution in [0.2, 0.25) is 5.15 Å². The molecule has 5 heteroatoms. The van der Waals surface area contributed by atoms with Crippen LogP contribution in [0.5, 0.6) is 0 Å². The first-order valence-electron chi connectivity index (χ1n) is 5.26. The van der Waals surface area contributed by atoms with Crippen molar-refractivity contribution in [3.05, 3.63) is 47.1 Å². The fourth-order valence-corrected chi connectivity index (χ4v) is 1.77. The van der Waals surface area contributed by atoms with Gasteiger partial charge in [-0.25, -0.2) is 9.97 Å². The van der Waals surface area contributed by atoms with Gasteiger partial charge >= 0.3 is 0 Å². The van der Waals surface area contributed by atoms with Gasteiger partial charge in [0.2, 0.25) is 0 Å². The molecule has 2 aromatic rings. The maximum atomic E-state index is 5.91. The van der Waals surface area contributed by atoms with Crippen LogP contribution < -0.4 is 4.90 Å². The molecule has 0 atom stereocenters. The molecule has 0 aliphatic carbocycles. The van der Waals surface area contributed by atoms with Gasteiger partial charge in [-0.2, -0.15) is 0 Å². The van der Waals surface area contributed by atoms with E-state index in [1.807, 2.05) is 31.0 Å². The molecule has 0 spiro atoms. The molecule has 88 valence electrons. The molecule has 0 aliphatic heterocycles. The van der Waals surface area contributed by atoms with E-state index in [2.05, 4.69) is 15.0 Å². The van der Waals surface area contributed by atoms with Crippen molar-refractivity contribution in [1.29, 1.82) is 0 Å². The van der Waals surface area contributed by atoms with Crippen molar-refractivity contribution in [2.24, 2.45) is 0 Å². The van der Waals surface area contributed by atoms with E-state index in [1.54, 1.807) is 18.5 Å².